The second-order valence-electron chi connectivity index (χ2n) is 4.16. The van der Waals surface area contributed by atoms with Crippen LogP contribution in [0.5, 0.6) is 0 Å². The Balaban J connectivity index is 4.42. The molecule has 0 saturated heterocycles. The highest BCUT2D eigenvalue weighted by Crippen LogP contribution is 2.19. The van der Waals surface area contributed by atoms with Crippen molar-refractivity contribution in [2.45, 2.75) is 26.8 Å². The Labute approximate surface area is 103 Å². The topological polar surface area (TPSA) is 75.6 Å². The molecule has 0 aromatic rings. The van der Waals surface area contributed by atoms with Crippen LogP contribution >= 0.6 is 21.9 Å². The fourth-order valence-electron chi connectivity index (χ4n) is 0.784. The van der Waals surface area contributed by atoms with Crippen molar-refractivity contribution in [3.05, 3.63) is 0 Å². The number of hydrogen-bond acceptors (Lipinski definition) is 6. The van der Waals surface area contributed by atoms with Gasteiger partial charge in [-0.2, -0.15) is 0 Å². The van der Waals surface area contributed by atoms with E-state index in [0.717, 1.165) is 10.8 Å². The minimum Gasteiger partial charge on any atom is -0.467 e. The molecule has 0 rings (SSSR count). The molecule has 94 valence electrons. The lowest BCUT2D eigenvalue weighted by Crippen LogP contribution is -2.47. The molecular formula is C9H17NO4S2. The Hall–Kier alpha value is -0.400. The molecule has 0 radical (unpaired) electrons. The molecule has 16 heavy (non-hydrogen) atoms. The van der Waals surface area contributed by atoms with Gasteiger partial charge in [0.2, 0.25) is 5.91 Å². The van der Waals surface area contributed by atoms with Crippen LogP contribution in [-0.4, -0.2) is 35.3 Å². The van der Waals surface area contributed by atoms with Gasteiger partial charge < -0.3 is 14.6 Å². The third kappa shape index (κ3) is 5.62. The van der Waals surface area contributed by atoms with Gasteiger partial charge in [0.1, 0.15) is 6.04 Å². The van der Waals surface area contributed by atoms with Gasteiger partial charge in [0, 0.05) is 11.2 Å². The molecule has 0 aliphatic carbocycles. The van der Waals surface area contributed by atoms with Gasteiger partial charge in [-0.05, 0) is 0 Å². The van der Waals surface area contributed by atoms with Gasteiger partial charge in [-0.3, -0.25) is 4.79 Å². The van der Waals surface area contributed by atoms with Gasteiger partial charge in [0.15, 0.2) is 0 Å². The van der Waals surface area contributed by atoms with Gasteiger partial charge in [-0.1, -0.05) is 31.6 Å². The van der Waals surface area contributed by atoms with E-state index in [4.69, 9.17) is 4.55 Å². The number of hydrogen-bond donors (Lipinski definition) is 2. The van der Waals surface area contributed by atoms with Crippen LogP contribution in [0.4, 0.5) is 0 Å². The predicted octanol–water partition coefficient (Wildman–Crippen LogP) is 1.54. The van der Waals surface area contributed by atoms with Crippen molar-refractivity contribution in [2.75, 3.05) is 12.9 Å². The first-order valence-electron chi connectivity index (χ1n) is 4.64. The molecular weight excluding hydrogens is 250 g/mol. The summed E-state index contributed by atoms with van der Waals surface area (Å²) >= 11 is 0.550. The van der Waals surface area contributed by atoms with Crippen molar-refractivity contribution >= 4 is 33.7 Å². The number of rotatable bonds is 5. The summed E-state index contributed by atoms with van der Waals surface area (Å²) in [5, 5.41) is 2.58. The number of methoxy groups -OCH3 is 1. The molecule has 0 aliphatic rings. The Morgan fingerprint density at radius 3 is 2.38 bits per heavy atom. The summed E-state index contributed by atoms with van der Waals surface area (Å²) in [5.41, 5.74) is -0.566. The van der Waals surface area contributed by atoms with E-state index < -0.39 is 17.4 Å². The second-order valence-corrected chi connectivity index (χ2v) is 6.03. The van der Waals surface area contributed by atoms with Crippen molar-refractivity contribution in [3.8, 4) is 0 Å². The largest absolute Gasteiger partial charge is 0.467 e. The van der Waals surface area contributed by atoms with Gasteiger partial charge >= 0.3 is 5.97 Å². The third-order valence-corrected chi connectivity index (χ3v) is 3.06. The van der Waals surface area contributed by atoms with Crippen molar-refractivity contribution in [1.82, 2.24) is 5.32 Å². The molecule has 0 fully saturated rings. The van der Waals surface area contributed by atoms with Crippen LogP contribution in [0.1, 0.15) is 20.8 Å². The highest BCUT2D eigenvalue weighted by Gasteiger charge is 2.28. The summed E-state index contributed by atoms with van der Waals surface area (Å²) in [6.45, 7) is 5.26. The highest BCUT2D eigenvalue weighted by atomic mass is 33.1. The highest BCUT2D eigenvalue weighted by molar-refractivity contribution is 8.74. The molecule has 0 aliphatic heterocycles. The van der Waals surface area contributed by atoms with Crippen molar-refractivity contribution in [3.63, 3.8) is 0 Å². The Bertz CT molecular complexity index is 252. The second kappa shape index (κ2) is 7.03. The molecule has 0 aromatic heterocycles. The SMILES string of the molecule is COC(=O)C(CSSO)NC(=O)C(C)(C)C. The average molecular weight is 267 g/mol. The molecule has 2 N–H and O–H groups in total. The van der Waals surface area contributed by atoms with E-state index in [1.165, 1.54) is 7.11 Å². The van der Waals surface area contributed by atoms with E-state index in [1.807, 2.05) is 0 Å². The standard InChI is InChI=1S/C9H17NO4S2/c1-9(2,3)8(12)10-6(5-15-16-13)7(11)14-4/h6,13H,5H2,1-4H3,(H,10,12). The predicted molar refractivity (Wildman–Crippen MR) is 66.1 cm³/mol. The quantitative estimate of drug-likeness (QED) is 0.447. The molecule has 1 unspecified atom stereocenters. The minimum atomic E-state index is -0.735. The summed E-state index contributed by atoms with van der Waals surface area (Å²) in [4.78, 5) is 23.0. The van der Waals surface area contributed by atoms with Crippen molar-refractivity contribution in [2.24, 2.45) is 5.41 Å². The normalized spacial score (nSPS) is 13.1. The lowest BCUT2D eigenvalue weighted by Gasteiger charge is -2.22. The van der Waals surface area contributed by atoms with Crippen LogP contribution in [0.15, 0.2) is 0 Å². The first kappa shape index (κ1) is 15.6. The lowest BCUT2D eigenvalue weighted by molar-refractivity contribution is -0.145. The number of amides is 1. The van der Waals surface area contributed by atoms with E-state index in [1.54, 1.807) is 20.8 Å². The maximum atomic E-state index is 11.7. The van der Waals surface area contributed by atoms with E-state index in [0.29, 0.717) is 11.1 Å². The Kier molecular flexibility index (Phi) is 6.85. The number of nitrogens with one attached hydrogen (secondary N) is 1. The summed E-state index contributed by atoms with van der Waals surface area (Å²) in [7, 11) is 2.33. The average Bonchev–Trinajstić information content (AvgIpc) is 2.21. The zero-order valence-electron chi connectivity index (χ0n) is 9.77. The molecule has 5 nitrogen and oxygen atoms in total. The minimum absolute atomic E-state index is 0.230. The number of carbonyl (C=O) groups excluding carboxylic acids is 2. The molecule has 0 bridgehead atoms. The number of ether oxygens (including phenoxy) is 1. The first-order chi connectivity index (χ1) is 7.32. The van der Waals surface area contributed by atoms with E-state index in [2.05, 4.69) is 10.1 Å². The van der Waals surface area contributed by atoms with Gasteiger partial charge in [0.25, 0.3) is 0 Å². The summed E-state index contributed by atoms with van der Waals surface area (Å²) in [6.07, 6.45) is 0. The Morgan fingerprint density at radius 1 is 1.44 bits per heavy atom. The monoisotopic (exact) mass is 267 g/mol. The Morgan fingerprint density at radius 2 is 2.00 bits per heavy atom. The fraction of sp³-hybridized carbons (Fsp3) is 0.778. The van der Waals surface area contributed by atoms with Crippen LogP contribution < -0.4 is 5.32 Å². The van der Waals surface area contributed by atoms with Crippen molar-refractivity contribution in [1.29, 1.82) is 0 Å². The maximum Gasteiger partial charge on any atom is 0.329 e. The van der Waals surface area contributed by atoms with E-state index >= 15 is 0 Å². The van der Waals surface area contributed by atoms with Crippen LogP contribution in [0.2, 0.25) is 0 Å². The lowest BCUT2D eigenvalue weighted by atomic mass is 9.95. The molecule has 0 spiro atoms. The zero-order chi connectivity index (χ0) is 12.8. The van der Waals surface area contributed by atoms with Crippen LogP contribution in [-0.2, 0) is 14.3 Å². The number of carbonyl (C=O) groups is 2. The zero-order valence-corrected chi connectivity index (χ0v) is 11.4. The molecule has 1 atom stereocenters. The smallest absolute Gasteiger partial charge is 0.329 e. The molecule has 0 saturated carbocycles. The number of esters is 1. The maximum absolute atomic E-state index is 11.7. The first-order valence-corrected chi connectivity index (χ1v) is 6.92. The van der Waals surface area contributed by atoms with E-state index in [9.17, 15) is 9.59 Å². The van der Waals surface area contributed by atoms with Crippen molar-refractivity contribution < 1.29 is 18.9 Å². The fourth-order valence-corrected chi connectivity index (χ4v) is 1.79. The van der Waals surface area contributed by atoms with Gasteiger partial charge in [-0.25, -0.2) is 4.79 Å². The van der Waals surface area contributed by atoms with Gasteiger partial charge in [0.05, 0.1) is 18.2 Å². The summed E-state index contributed by atoms with van der Waals surface area (Å²) in [6, 6.07) is -0.735. The third-order valence-electron chi connectivity index (χ3n) is 1.76. The molecule has 7 heteroatoms. The summed E-state index contributed by atoms with van der Waals surface area (Å²) in [5.74, 6) is -0.485. The molecule has 0 aromatic carbocycles. The molecule has 0 heterocycles. The van der Waals surface area contributed by atoms with E-state index in [-0.39, 0.29) is 11.7 Å². The van der Waals surface area contributed by atoms with Gasteiger partial charge in [-0.15, -0.1) is 0 Å². The van der Waals surface area contributed by atoms with Crippen LogP contribution in [0.25, 0.3) is 0 Å². The molecule has 1 amide bonds. The van der Waals surface area contributed by atoms with Crippen LogP contribution in [0.3, 0.4) is 0 Å². The summed E-state index contributed by atoms with van der Waals surface area (Å²) < 4.78 is 13.1. The van der Waals surface area contributed by atoms with Crippen LogP contribution in [0, 0.1) is 5.41 Å².